The molecule has 0 aliphatic rings. The van der Waals surface area contributed by atoms with E-state index >= 15 is 0 Å². The van der Waals surface area contributed by atoms with Gasteiger partial charge in [-0.1, -0.05) is 41.9 Å². The molecular formula is C21H15ClFN3O2. The number of carbonyl (C=O) groups excluding carboxylic acids is 2. The Bertz CT molecular complexity index is 1050. The van der Waals surface area contributed by atoms with E-state index in [0.717, 1.165) is 0 Å². The largest absolute Gasteiger partial charge is 0.322 e. The Balaban J connectivity index is 1.66. The van der Waals surface area contributed by atoms with Crippen molar-refractivity contribution in [1.82, 2.24) is 5.43 Å². The highest BCUT2D eigenvalue weighted by Crippen LogP contribution is 2.15. The first-order valence-corrected chi connectivity index (χ1v) is 8.65. The molecule has 0 fully saturated rings. The van der Waals surface area contributed by atoms with Crippen LogP contribution < -0.4 is 10.7 Å². The van der Waals surface area contributed by atoms with E-state index in [1.807, 2.05) is 0 Å². The number of amides is 2. The molecule has 0 unspecified atom stereocenters. The molecule has 2 N–H and O–H groups in total. The van der Waals surface area contributed by atoms with Crippen molar-refractivity contribution in [3.8, 4) is 0 Å². The highest BCUT2D eigenvalue weighted by molar-refractivity contribution is 6.31. The van der Waals surface area contributed by atoms with Crippen molar-refractivity contribution in [3.63, 3.8) is 0 Å². The third-order valence-electron chi connectivity index (χ3n) is 3.74. The smallest absolute Gasteiger partial charge is 0.271 e. The van der Waals surface area contributed by atoms with Gasteiger partial charge < -0.3 is 5.32 Å². The number of hydrazone groups is 1. The van der Waals surface area contributed by atoms with Gasteiger partial charge in [-0.15, -0.1) is 0 Å². The zero-order chi connectivity index (χ0) is 19.9. The van der Waals surface area contributed by atoms with Gasteiger partial charge in [0.25, 0.3) is 11.8 Å². The SMILES string of the molecule is O=C(NN=Cc1ccccc1F)c1cccc(NC(=O)c2cccc(Cl)c2)c1. The van der Waals surface area contributed by atoms with Crippen LogP contribution in [0.3, 0.4) is 0 Å². The van der Waals surface area contributed by atoms with E-state index in [-0.39, 0.29) is 17.0 Å². The van der Waals surface area contributed by atoms with Crippen LogP contribution in [0.25, 0.3) is 0 Å². The molecule has 0 atom stereocenters. The van der Waals surface area contributed by atoms with Gasteiger partial charge in [0, 0.05) is 27.4 Å². The minimum absolute atomic E-state index is 0.255. The van der Waals surface area contributed by atoms with Crippen LogP contribution in [0.1, 0.15) is 26.3 Å². The van der Waals surface area contributed by atoms with Crippen molar-refractivity contribution in [2.24, 2.45) is 5.10 Å². The van der Waals surface area contributed by atoms with Crippen molar-refractivity contribution < 1.29 is 14.0 Å². The van der Waals surface area contributed by atoms with Crippen LogP contribution in [-0.2, 0) is 0 Å². The highest BCUT2D eigenvalue weighted by atomic mass is 35.5. The number of rotatable bonds is 5. The molecule has 0 aromatic heterocycles. The van der Waals surface area contributed by atoms with Gasteiger partial charge in [-0.2, -0.15) is 5.10 Å². The van der Waals surface area contributed by atoms with Gasteiger partial charge in [0.2, 0.25) is 0 Å². The first kappa shape index (κ1) is 19.3. The van der Waals surface area contributed by atoms with E-state index in [0.29, 0.717) is 16.3 Å². The maximum absolute atomic E-state index is 13.5. The molecule has 5 nitrogen and oxygen atoms in total. The molecule has 0 saturated carbocycles. The summed E-state index contributed by atoms with van der Waals surface area (Å²) in [5, 5.41) is 6.92. The Morgan fingerprint density at radius 3 is 2.36 bits per heavy atom. The van der Waals surface area contributed by atoms with Gasteiger partial charge >= 0.3 is 0 Å². The van der Waals surface area contributed by atoms with Crippen LogP contribution in [0.2, 0.25) is 5.02 Å². The molecule has 28 heavy (non-hydrogen) atoms. The summed E-state index contributed by atoms with van der Waals surface area (Å²) in [5.41, 5.74) is 3.71. The summed E-state index contributed by atoms with van der Waals surface area (Å²) in [6, 6.07) is 19.0. The van der Waals surface area contributed by atoms with Gasteiger partial charge in [0.1, 0.15) is 5.82 Å². The zero-order valence-electron chi connectivity index (χ0n) is 14.5. The number of nitrogens with one attached hydrogen (secondary N) is 2. The lowest BCUT2D eigenvalue weighted by molar-refractivity contribution is 0.0953. The van der Waals surface area contributed by atoms with Gasteiger partial charge in [-0.05, 0) is 42.5 Å². The maximum atomic E-state index is 13.5. The number of nitrogens with zero attached hydrogens (tertiary/aromatic N) is 1. The molecule has 7 heteroatoms. The Morgan fingerprint density at radius 2 is 1.61 bits per heavy atom. The molecule has 0 spiro atoms. The van der Waals surface area contributed by atoms with Gasteiger partial charge in [-0.3, -0.25) is 9.59 Å². The van der Waals surface area contributed by atoms with Crippen molar-refractivity contribution in [1.29, 1.82) is 0 Å². The van der Waals surface area contributed by atoms with Gasteiger partial charge in [-0.25, -0.2) is 9.82 Å². The lowest BCUT2D eigenvalue weighted by Crippen LogP contribution is -2.18. The van der Waals surface area contributed by atoms with Crippen molar-refractivity contribution in [3.05, 3.63) is 100 Å². The van der Waals surface area contributed by atoms with Crippen molar-refractivity contribution in [2.45, 2.75) is 0 Å². The number of anilines is 1. The summed E-state index contributed by atoms with van der Waals surface area (Å²) in [5.74, 6) is -1.28. The standard InChI is InChI=1S/C21H15ClFN3O2/c22-17-8-3-6-14(11-17)20(27)25-18-9-4-7-15(12-18)21(28)26-24-13-16-5-1-2-10-19(16)23/h1-13H,(H,25,27)(H,26,28). The average Bonchev–Trinajstić information content (AvgIpc) is 2.69. The fourth-order valence-corrected chi connectivity index (χ4v) is 2.57. The van der Waals surface area contributed by atoms with Crippen LogP contribution in [0.4, 0.5) is 10.1 Å². The van der Waals surface area contributed by atoms with Crippen molar-refractivity contribution in [2.75, 3.05) is 5.32 Å². The van der Waals surface area contributed by atoms with E-state index < -0.39 is 11.7 Å². The second kappa shape index (κ2) is 8.92. The second-order valence-corrected chi connectivity index (χ2v) is 6.20. The van der Waals surface area contributed by atoms with Crippen LogP contribution >= 0.6 is 11.6 Å². The van der Waals surface area contributed by atoms with E-state index in [2.05, 4.69) is 15.8 Å². The average molecular weight is 396 g/mol. The van der Waals surface area contributed by atoms with Gasteiger partial charge in [0.15, 0.2) is 0 Å². The Morgan fingerprint density at radius 1 is 0.893 bits per heavy atom. The minimum Gasteiger partial charge on any atom is -0.322 e. The Hall–Kier alpha value is -3.51. The lowest BCUT2D eigenvalue weighted by Gasteiger charge is -2.07. The van der Waals surface area contributed by atoms with E-state index in [1.165, 1.54) is 24.4 Å². The van der Waals surface area contributed by atoms with Crippen LogP contribution in [-0.4, -0.2) is 18.0 Å². The topological polar surface area (TPSA) is 70.6 Å². The quantitative estimate of drug-likeness (QED) is 0.493. The van der Waals surface area contributed by atoms with Crippen molar-refractivity contribution >= 4 is 35.3 Å². The fourth-order valence-electron chi connectivity index (χ4n) is 2.38. The molecule has 0 aliphatic heterocycles. The molecular weight excluding hydrogens is 381 g/mol. The minimum atomic E-state index is -0.494. The molecule has 3 aromatic carbocycles. The third-order valence-corrected chi connectivity index (χ3v) is 3.98. The zero-order valence-corrected chi connectivity index (χ0v) is 15.3. The summed E-state index contributed by atoms with van der Waals surface area (Å²) < 4.78 is 13.5. The molecule has 0 aliphatic carbocycles. The molecule has 0 bridgehead atoms. The monoisotopic (exact) mass is 395 g/mol. The molecule has 3 rings (SSSR count). The molecule has 140 valence electrons. The summed E-state index contributed by atoms with van der Waals surface area (Å²) >= 11 is 5.89. The second-order valence-electron chi connectivity index (χ2n) is 5.77. The summed E-state index contributed by atoms with van der Waals surface area (Å²) in [6.45, 7) is 0. The third kappa shape index (κ3) is 5.02. The van der Waals surface area contributed by atoms with Gasteiger partial charge in [0.05, 0.1) is 6.21 Å². The summed E-state index contributed by atoms with van der Waals surface area (Å²) in [6.07, 6.45) is 1.22. The van der Waals surface area contributed by atoms with E-state index in [9.17, 15) is 14.0 Å². The molecule has 2 amide bonds. The number of hydrogen-bond acceptors (Lipinski definition) is 3. The van der Waals surface area contributed by atoms with Crippen LogP contribution in [0.15, 0.2) is 77.9 Å². The summed E-state index contributed by atoms with van der Waals surface area (Å²) in [7, 11) is 0. The normalized spacial score (nSPS) is 10.6. The predicted octanol–water partition coefficient (Wildman–Crippen LogP) is 4.50. The Kier molecular flexibility index (Phi) is 6.14. The molecule has 3 aromatic rings. The molecule has 0 radical (unpaired) electrons. The highest BCUT2D eigenvalue weighted by Gasteiger charge is 2.09. The van der Waals surface area contributed by atoms with Crippen LogP contribution in [0, 0.1) is 5.82 Å². The summed E-state index contributed by atoms with van der Waals surface area (Å²) in [4.78, 5) is 24.5. The Labute approximate surface area is 165 Å². The number of carbonyl (C=O) groups is 2. The van der Waals surface area contributed by atoms with Crippen LogP contribution in [0.5, 0.6) is 0 Å². The number of halogens is 2. The van der Waals surface area contributed by atoms with E-state index in [1.54, 1.807) is 54.6 Å². The lowest BCUT2D eigenvalue weighted by atomic mass is 10.1. The fraction of sp³-hybridized carbons (Fsp3) is 0. The predicted molar refractivity (Wildman–Crippen MR) is 107 cm³/mol. The molecule has 0 heterocycles. The first-order chi connectivity index (χ1) is 13.5. The van der Waals surface area contributed by atoms with E-state index in [4.69, 9.17) is 11.6 Å². The maximum Gasteiger partial charge on any atom is 0.271 e. The number of benzene rings is 3. The number of hydrogen-bond donors (Lipinski definition) is 2. The molecule has 0 saturated heterocycles. The first-order valence-electron chi connectivity index (χ1n) is 8.28.